The zero-order valence-corrected chi connectivity index (χ0v) is 71.4. The fraction of sp³-hybridized carbons (Fsp3) is 0. The van der Waals surface area contributed by atoms with Gasteiger partial charge in [0.05, 0.1) is 94.0 Å². The number of aromatic amines is 2. The highest BCUT2D eigenvalue weighted by Crippen LogP contribution is 2.17. The summed E-state index contributed by atoms with van der Waals surface area (Å²) < 4.78 is 14.6. The number of nitrogens with zero attached hydrogens (tertiary/aromatic N) is 21. The van der Waals surface area contributed by atoms with E-state index < -0.39 is 0 Å². The average Bonchev–Trinajstić information content (AvgIpc) is 1.84. The average molecular weight is 1720 g/mol. The van der Waals surface area contributed by atoms with E-state index in [9.17, 15) is 0 Å². The zero-order chi connectivity index (χ0) is 89.7. The molecule has 640 valence electrons. The first-order valence-electron chi connectivity index (χ1n) is 42.0. The zero-order valence-electron chi connectivity index (χ0n) is 71.4. The van der Waals surface area contributed by atoms with Crippen LogP contribution in [0.15, 0.2) is 524 Å². The highest BCUT2D eigenvalue weighted by Gasteiger charge is 1.98. The molecule has 24 nitrogen and oxygen atoms in total. The summed E-state index contributed by atoms with van der Waals surface area (Å²) in [7, 11) is 0. The molecule has 132 heavy (non-hydrogen) atoms. The van der Waals surface area contributed by atoms with E-state index in [1.807, 2.05) is 377 Å². The van der Waals surface area contributed by atoms with Gasteiger partial charge in [0.15, 0.2) is 11.2 Å². The van der Waals surface area contributed by atoms with E-state index in [2.05, 4.69) is 180 Å². The molecular formula is C108H87N23O. The second kappa shape index (κ2) is 48.4. The van der Waals surface area contributed by atoms with E-state index in [0.717, 1.165) is 93.3 Å². The third-order valence-electron chi connectivity index (χ3n) is 19.5. The lowest BCUT2D eigenvalue weighted by Crippen LogP contribution is -1.81. The van der Waals surface area contributed by atoms with Crippen LogP contribution < -0.4 is 0 Å². The maximum absolute atomic E-state index is 4.87. The number of nitrogens with one attached hydrogen (secondary N) is 2. The second-order valence-electron chi connectivity index (χ2n) is 28.3. The van der Waals surface area contributed by atoms with Gasteiger partial charge in [-0.1, -0.05) is 224 Å². The fourth-order valence-electron chi connectivity index (χ4n) is 12.9. The van der Waals surface area contributed by atoms with Gasteiger partial charge in [-0.15, -0.1) is 10.2 Å². The Morgan fingerprint density at radius 3 is 1.39 bits per heavy atom. The molecule has 28 rings (SSSR count). The Kier molecular flexibility index (Phi) is 32.3. The van der Waals surface area contributed by atoms with E-state index in [1.165, 1.54) is 32.4 Å². The molecule has 28 aromatic rings. The Hall–Kier alpha value is -18.8. The van der Waals surface area contributed by atoms with Crippen LogP contribution in [-0.4, -0.2) is 113 Å². The number of fused-ring (bicyclic) bond motifs is 14. The molecule has 24 heteroatoms. The number of rotatable bonds is 0. The van der Waals surface area contributed by atoms with Gasteiger partial charge in [-0.2, -0.15) is 20.4 Å². The number of pyridine rings is 9. The Morgan fingerprint density at radius 2 is 0.750 bits per heavy atom. The fourth-order valence-corrected chi connectivity index (χ4v) is 12.9. The van der Waals surface area contributed by atoms with Gasteiger partial charge in [0.2, 0.25) is 0 Å². The van der Waals surface area contributed by atoms with Crippen LogP contribution >= 0.6 is 0 Å². The minimum Gasteiger partial charge on any atom is -0.356 e. The first-order chi connectivity index (χ1) is 65.5. The van der Waals surface area contributed by atoms with Crippen molar-refractivity contribution in [1.29, 1.82) is 0 Å². The van der Waals surface area contributed by atoms with E-state index in [1.54, 1.807) is 74.9 Å². The van der Waals surface area contributed by atoms with Gasteiger partial charge in [0.1, 0.15) is 18.3 Å². The van der Waals surface area contributed by atoms with Crippen LogP contribution in [0.25, 0.3) is 126 Å². The molecule has 19 heterocycles. The van der Waals surface area contributed by atoms with Crippen LogP contribution in [0, 0.1) is 0 Å². The van der Waals surface area contributed by atoms with Crippen molar-refractivity contribution in [3.8, 4) is 0 Å². The summed E-state index contributed by atoms with van der Waals surface area (Å²) in [6, 6.07) is 120. The minimum atomic E-state index is 0.845. The monoisotopic (exact) mass is 1720 g/mol. The molecule has 0 saturated heterocycles. The van der Waals surface area contributed by atoms with Gasteiger partial charge < -0.3 is 22.7 Å². The van der Waals surface area contributed by atoms with Crippen molar-refractivity contribution < 1.29 is 4.52 Å². The Morgan fingerprint density at radius 1 is 0.242 bits per heavy atom. The molecule has 0 atom stereocenters. The van der Waals surface area contributed by atoms with Crippen molar-refractivity contribution in [3.63, 3.8) is 0 Å². The predicted molar refractivity (Wildman–Crippen MR) is 528 cm³/mol. The normalized spacial score (nSPS) is 10.1. The van der Waals surface area contributed by atoms with Crippen LogP contribution in [0.5, 0.6) is 0 Å². The number of imidazole rings is 3. The first-order valence-corrected chi connectivity index (χ1v) is 42.0. The molecule has 0 spiro atoms. The SMILES string of the molecule is c1ccc2[nH]cnc2c1.c1ccc2[nH]ncc2c1.c1ccc2ccccc2c1.c1ccc2cnccc2c1.c1ccc2cnncc2c1.c1ccc2ncccc2c1.c1ccc2ncncc2c1.c1ccc2oncc2c1.c1ccn2cccc2c1.c1ccn2ccnc2c1.c1ccn2cncc2c1.c1ccn2cnnc2c1.c1ccn2nccc2c1.c1cnc2cnccc2c1. The number of H-pyrrole nitrogens is 2. The quantitative estimate of drug-likeness (QED) is 0.143. The predicted octanol–water partition coefficient (Wildman–Crippen LogP) is 23.8. The van der Waals surface area contributed by atoms with Crippen LogP contribution in [0.2, 0.25) is 0 Å². The summed E-state index contributed by atoms with van der Waals surface area (Å²) >= 11 is 0. The summed E-state index contributed by atoms with van der Waals surface area (Å²) in [6.07, 6.45) is 45.5. The summed E-state index contributed by atoms with van der Waals surface area (Å²) in [5, 5.41) is 42.5. The van der Waals surface area contributed by atoms with E-state index in [4.69, 9.17) is 4.52 Å². The smallest absolute Gasteiger partial charge is 0.166 e. The largest absolute Gasteiger partial charge is 0.356 e. The molecular weight excluding hydrogens is 1640 g/mol. The number of hydrogen-bond acceptors (Lipinski definition) is 17. The maximum Gasteiger partial charge on any atom is 0.166 e. The van der Waals surface area contributed by atoms with Gasteiger partial charge in [0.25, 0.3) is 0 Å². The Labute approximate surface area is 758 Å². The molecule has 9 aromatic carbocycles. The molecule has 0 aliphatic rings. The molecule has 0 bridgehead atoms. The molecule has 0 unspecified atom stereocenters. The Balaban J connectivity index is 0.000000109. The van der Waals surface area contributed by atoms with Crippen molar-refractivity contribution in [2.75, 3.05) is 0 Å². The van der Waals surface area contributed by atoms with Crippen LogP contribution in [0.3, 0.4) is 0 Å². The first kappa shape index (κ1) is 88.0. The van der Waals surface area contributed by atoms with Gasteiger partial charge in [-0.05, 0) is 167 Å². The van der Waals surface area contributed by atoms with E-state index in [0.29, 0.717) is 0 Å². The molecule has 0 radical (unpaired) electrons. The van der Waals surface area contributed by atoms with Gasteiger partial charge >= 0.3 is 0 Å². The van der Waals surface area contributed by atoms with Crippen LogP contribution in [-0.2, 0) is 0 Å². The molecule has 0 fully saturated rings. The molecule has 2 N–H and O–H groups in total. The van der Waals surface area contributed by atoms with Gasteiger partial charge in [0, 0.05) is 136 Å². The van der Waals surface area contributed by atoms with Crippen molar-refractivity contribution in [3.05, 3.63) is 519 Å². The molecule has 0 aliphatic heterocycles. The lowest BCUT2D eigenvalue weighted by molar-refractivity contribution is 0.456. The second-order valence-corrected chi connectivity index (χ2v) is 28.3. The summed E-state index contributed by atoms with van der Waals surface area (Å²) in [5.41, 5.74) is 12.5. The molecule has 19 aromatic heterocycles. The lowest BCUT2D eigenvalue weighted by Gasteiger charge is -1.92. The summed E-state index contributed by atoms with van der Waals surface area (Å²) in [4.78, 5) is 39.4. The minimum absolute atomic E-state index is 0.845. The Bertz CT molecular complexity index is 6210. The van der Waals surface area contributed by atoms with Crippen LogP contribution in [0.4, 0.5) is 0 Å². The van der Waals surface area contributed by atoms with E-state index in [-0.39, 0.29) is 0 Å². The third kappa shape index (κ3) is 26.6. The van der Waals surface area contributed by atoms with Crippen molar-refractivity contribution in [2.24, 2.45) is 0 Å². The number of para-hydroxylation sites is 6. The van der Waals surface area contributed by atoms with Crippen LogP contribution in [0.1, 0.15) is 0 Å². The maximum atomic E-state index is 4.87. The summed E-state index contributed by atoms with van der Waals surface area (Å²) in [6.45, 7) is 0. The number of aromatic nitrogens is 23. The topological polar surface area (TPSA) is 273 Å². The van der Waals surface area contributed by atoms with Gasteiger partial charge in [-0.3, -0.25) is 29.4 Å². The highest BCUT2D eigenvalue weighted by atomic mass is 16.5. The van der Waals surface area contributed by atoms with Crippen molar-refractivity contribution in [1.82, 2.24) is 113 Å². The number of hydrogen-bond donors (Lipinski definition) is 2. The molecule has 0 saturated carbocycles. The van der Waals surface area contributed by atoms with Crippen molar-refractivity contribution >= 4 is 126 Å². The number of benzene rings is 9. The molecule has 0 aliphatic carbocycles. The van der Waals surface area contributed by atoms with E-state index >= 15 is 0 Å². The van der Waals surface area contributed by atoms with Gasteiger partial charge in [-0.25, -0.2) is 29.4 Å². The molecule has 0 amide bonds. The third-order valence-corrected chi connectivity index (χ3v) is 19.5. The summed E-state index contributed by atoms with van der Waals surface area (Å²) in [5.74, 6) is 0. The van der Waals surface area contributed by atoms with Crippen molar-refractivity contribution in [2.45, 2.75) is 0 Å². The highest BCUT2D eigenvalue weighted by molar-refractivity contribution is 5.84. The lowest BCUT2D eigenvalue weighted by atomic mass is 10.1. The standard InChI is InChI=1S/C10H8.2C9H7N.3C8H6N2.C8H7N.5C7H6N2.C7H5NO.C6H5N3/c1-2-6-10-8-4-3-7-9(10)5-1;1-2-6-9-8(4-1)5-3-7-10-9;1-2-4-9-7-10-6-5-8(9)3-1;1-2-7-3-5-9-6-8(7)10-4-1;1-2-4-8-7(3-1)5-9-6-10-8;1-2-4-8-6-10-9-5-7(8)3-1;1-2-6-9-7-3-5-8(9)4-1;1-2-6-9-7(3-1)4-5-8-9;1-2-5-9-6-4-8-7(9)3-1;1-2-4-9-6-8-5-7(9)3-1;1-2-4-7-6(3-1)8-5-9-7;2*1-2-4-7-6(3-1)5-8-9-7;1-2-4-9-5-7-8-6(9)3-1/h1-8H;2*1-7H;3*1-6H;1-7H;3*1-6H;2*1-5H,(H,8,9);2*1-5H.